The van der Waals surface area contributed by atoms with E-state index in [0.29, 0.717) is 6.54 Å². The van der Waals surface area contributed by atoms with Crippen molar-refractivity contribution in [2.45, 2.75) is 19.9 Å². The van der Waals surface area contributed by atoms with E-state index in [1.165, 1.54) is 11.9 Å². The molecule has 0 aliphatic heterocycles. The number of methoxy groups -OCH3 is 1. The Morgan fingerprint density at radius 3 is 2.75 bits per heavy atom. The second-order valence-electron chi connectivity index (χ2n) is 5.21. The van der Waals surface area contributed by atoms with Crippen LogP contribution in [0.25, 0.3) is 0 Å². The molecule has 0 fully saturated rings. The zero-order valence-corrected chi connectivity index (χ0v) is 16.9. The highest BCUT2D eigenvalue weighted by molar-refractivity contribution is 14.0. The van der Waals surface area contributed by atoms with Crippen LogP contribution in [-0.2, 0) is 20.0 Å². The maximum absolute atomic E-state index is 5.35. The van der Waals surface area contributed by atoms with E-state index in [4.69, 9.17) is 4.74 Å². The molecule has 0 saturated heterocycles. The van der Waals surface area contributed by atoms with Crippen LogP contribution >= 0.6 is 24.0 Å². The van der Waals surface area contributed by atoms with Crippen LogP contribution in [-0.4, -0.2) is 41.4 Å². The van der Waals surface area contributed by atoms with Crippen molar-refractivity contribution in [3.05, 3.63) is 41.5 Å². The zero-order valence-electron chi connectivity index (χ0n) is 14.5. The summed E-state index contributed by atoms with van der Waals surface area (Å²) >= 11 is 0. The SMILES string of the molecule is CN=C(NCCc1ccc(C)c(OC)c1)NCc1ncnn1C.I. The average molecular weight is 444 g/mol. The molecule has 1 aromatic carbocycles. The van der Waals surface area contributed by atoms with Crippen LogP contribution in [0.1, 0.15) is 17.0 Å². The third-order valence-corrected chi connectivity index (χ3v) is 3.62. The fourth-order valence-corrected chi connectivity index (χ4v) is 2.21. The molecule has 2 aromatic rings. The highest BCUT2D eigenvalue weighted by atomic mass is 127. The predicted octanol–water partition coefficient (Wildman–Crippen LogP) is 1.66. The Bertz CT molecular complexity index is 670. The summed E-state index contributed by atoms with van der Waals surface area (Å²) < 4.78 is 7.09. The fourth-order valence-electron chi connectivity index (χ4n) is 2.21. The molecule has 0 atom stereocenters. The van der Waals surface area contributed by atoms with Crippen LogP contribution in [0.2, 0.25) is 0 Å². The van der Waals surface area contributed by atoms with Crippen molar-refractivity contribution in [2.75, 3.05) is 20.7 Å². The second-order valence-corrected chi connectivity index (χ2v) is 5.21. The van der Waals surface area contributed by atoms with E-state index in [-0.39, 0.29) is 24.0 Å². The van der Waals surface area contributed by atoms with Gasteiger partial charge in [-0.3, -0.25) is 9.67 Å². The smallest absolute Gasteiger partial charge is 0.191 e. The van der Waals surface area contributed by atoms with Gasteiger partial charge in [0.1, 0.15) is 17.9 Å². The number of hydrogen-bond donors (Lipinski definition) is 2. The first kappa shape index (κ1) is 20.2. The van der Waals surface area contributed by atoms with Gasteiger partial charge in [-0.05, 0) is 30.5 Å². The molecule has 0 amide bonds. The van der Waals surface area contributed by atoms with Crippen molar-refractivity contribution >= 4 is 29.9 Å². The summed E-state index contributed by atoms with van der Waals surface area (Å²) in [6, 6.07) is 6.28. The first-order valence-corrected chi connectivity index (χ1v) is 7.55. The second kappa shape index (κ2) is 10.1. The van der Waals surface area contributed by atoms with Gasteiger partial charge in [-0.25, -0.2) is 4.98 Å². The molecule has 0 aliphatic carbocycles. The lowest BCUT2D eigenvalue weighted by atomic mass is 10.1. The number of aliphatic imine (C=N–C) groups is 1. The Kier molecular flexibility index (Phi) is 8.51. The number of nitrogens with zero attached hydrogens (tertiary/aromatic N) is 4. The van der Waals surface area contributed by atoms with Crippen molar-refractivity contribution in [3.8, 4) is 5.75 Å². The molecule has 1 heterocycles. The number of guanidine groups is 1. The van der Waals surface area contributed by atoms with Gasteiger partial charge in [0.15, 0.2) is 5.96 Å². The molecule has 7 nitrogen and oxygen atoms in total. The summed E-state index contributed by atoms with van der Waals surface area (Å²) in [6.45, 7) is 3.40. The third-order valence-electron chi connectivity index (χ3n) is 3.62. The van der Waals surface area contributed by atoms with Crippen LogP contribution < -0.4 is 15.4 Å². The Morgan fingerprint density at radius 2 is 2.12 bits per heavy atom. The van der Waals surface area contributed by atoms with Crippen LogP contribution in [0.15, 0.2) is 29.5 Å². The Morgan fingerprint density at radius 1 is 1.33 bits per heavy atom. The minimum absolute atomic E-state index is 0. The van der Waals surface area contributed by atoms with Gasteiger partial charge in [0.05, 0.1) is 13.7 Å². The molecule has 0 spiro atoms. The quantitative estimate of drug-likeness (QED) is 0.403. The Labute approximate surface area is 159 Å². The summed E-state index contributed by atoms with van der Waals surface area (Å²) in [4.78, 5) is 8.38. The Hall–Kier alpha value is -1.84. The number of aryl methyl sites for hydroxylation is 2. The van der Waals surface area contributed by atoms with Gasteiger partial charge >= 0.3 is 0 Å². The predicted molar refractivity (Wildman–Crippen MR) is 106 cm³/mol. The molecule has 8 heteroatoms. The van der Waals surface area contributed by atoms with Crippen LogP contribution in [0.3, 0.4) is 0 Å². The van der Waals surface area contributed by atoms with Crippen LogP contribution in [0.5, 0.6) is 5.75 Å². The lowest BCUT2D eigenvalue weighted by molar-refractivity contribution is 0.411. The Balaban J connectivity index is 0.00000288. The van der Waals surface area contributed by atoms with Gasteiger partial charge in [-0.1, -0.05) is 12.1 Å². The fraction of sp³-hybridized carbons (Fsp3) is 0.438. The number of halogens is 1. The van der Waals surface area contributed by atoms with Gasteiger partial charge in [0.2, 0.25) is 0 Å². The molecule has 132 valence electrons. The molecule has 0 saturated carbocycles. The normalized spacial score (nSPS) is 10.9. The maximum atomic E-state index is 5.35. The number of benzene rings is 1. The first-order chi connectivity index (χ1) is 11.1. The maximum Gasteiger partial charge on any atom is 0.191 e. The number of rotatable bonds is 6. The van der Waals surface area contributed by atoms with E-state index < -0.39 is 0 Å². The number of aromatic nitrogens is 3. The van der Waals surface area contributed by atoms with Crippen molar-refractivity contribution in [1.29, 1.82) is 0 Å². The molecule has 24 heavy (non-hydrogen) atoms. The molecule has 2 N–H and O–H groups in total. The lowest BCUT2D eigenvalue weighted by Gasteiger charge is -2.12. The van der Waals surface area contributed by atoms with Crippen molar-refractivity contribution in [2.24, 2.45) is 12.0 Å². The summed E-state index contributed by atoms with van der Waals surface area (Å²) in [6.07, 6.45) is 2.43. The molecule has 1 aromatic heterocycles. The van der Waals surface area contributed by atoms with Crippen LogP contribution in [0.4, 0.5) is 0 Å². The van der Waals surface area contributed by atoms with Crippen molar-refractivity contribution < 1.29 is 4.74 Å². The van der Waals surface area contributed by atoms with E-state index >= 15 is 0 Å². The van der Waals surface area contributed by atoms with E-state index in [1.807, 2.05) is 14.0 Å². The first-order valence-electron chi connectivity index (χ1n) is 7.55. The minimum Gasteiger partial charge on any atom is -0.496 e. The number of hydrogen-bond acceptors (Lipinski definition) is 4. The van der Waals surface area contributed by atoms with Crippen molar-refractivity contribution in [1.82, 2.24) is 25.4 Å². The average Bonchev–Trinajstić information content (AvgIpc) is 2.97. The standard InChI is InChI=1S/C16H24N6O.HI/c1-12-5-6-13(9-14(12)23-4)7-8-18-16(17-2)19-10-15-20-11-21-22(15)3;/h5-6,9,11H,7-8,10H2,1-4H3,(H2,17,18,19);1H. The lowest BCUT2D eigenvalue weighted by Crippen LogP contribution is -2.38. The molecule has 0 unspecified atom stereocenters. The molecular weight excluding hydrogens is 419 g/mol. The number of ether oxygens (including phenoxy) is 1. The largest absolute Gasteiger partial charge is 0.496 e. The van der Waals surface area contributed by atoms with Crippen molar-refractivity contribution in [3.63, 3.8) is 0 Å². The third kappa shape index (κ3) is 5.66. The van der Waals surface area contributed by atoms with Gasteiger partial charge < -0.3 is 15.4 Å². The summed E-state index contributed by atoms with van der Waals surface area (Å²) in [7, 11) is 5.31. The van der Waals surface area contributed by atoms with E-state index in [0.717, 1.165) is 36.1 Å². The number of nitrogens with one attached hydrogen (secondary N) is 2. The molecule has 0 bridgehead atoms. The molecule has 0 aliphatic rings. The van der Waals surface area contributed by atoms with Gasteiger partial charge in [-0.15, -0.1) is 24.0 Å². The molecule has 2 rings (SSSR count). The topological polar surface area (TPSA) is 76.4 Å². The summed E-state index contributed by atoms with van der Waals surface area (Å²) in [5, 5.41) is 10.6. The summed E-state index contributed by atoms with van der Waals surface area (Å²) in [5.74, 6) is 2.52. The summed E-state index contributed by atoms with van der Waals surface area (Å²) in [5.41, 5.74) is 2.37. The monoisotopic (exact) mass is 444 g/mol. The minimum atomic E-state index is 0. The van der Waals surface area contributed by atoms with E-state index in [2.05, 4.69) is 43.9 Å². The van der Waals surface area contributed by atoms with Gasteiger partial charge in [0, 0.05) is 20.6 Å². The van der Waals surface area contributed by atoms with Gasteiger partial charge in [-0.2, -0.15) is 5.10 Å². The highest BCUT2D eigenvalue weighted by Gasteiger charge is 2.04. The van der Waals surface area contributed by atoms with E-state index in [9.17, 15) is 0 Å². The highest BCUT2D eigenvalue weighted by Crippen LogP contribution is 2.18. The van der Waals surface area contributed by atoms with E-state index in [1.54, 1.807) is 18.8 Å². The molecular formula is C16H25IN6O. The van der Waals surface area contributed by atoms with Crippen LogP contribution in [0, 0.1) is 6.92 Å². The molecule has 0 radical (unpaired) electrons. The zero-order chi connectivity index (χ0) is 16.7. The van der Waals surface area contributed by atoms with Gasteiger partial charge in [0.25, 0.3) is 0 Å².